The fourth-order valence-electron chi connectivity index (χ4n) is 2.43. The summed E-state index contributed by atoms with van der Waals surface area (Å²) in [6.45, 7) is 2.60. The molecule has 2 heterocycles. The van der Waals surface area contributed by atoms with Crippen LogP contribution in [0.4, 0.5) is 11.6 Å². The predicted octanol–water partition coefficient (Wildman–Crippen LogP) is 1.35. The van der Waals surface area contributed by atoms with Gasteiger partial charge in [0, 0.05) is 25.0 Å². The third-order valence-electron chi connectivity index (χ3n) is 3.71. The molecule has 8 heteroatoms. The maximum Gasteiger partial charge on any atom is 0.337 e. The predicted molar refractivity (Wildman–Crippen MR) is 90.8 cm³/mol. The highest BCUT2D eigenvalue weighted by Gasteiger charge is 2.16. The van der Waals surface area contributed by atoms with Crippen LogP contribution in [0.1, 0.15) is 20.8 Å². The number of nitrogens with one attached hydrogen (secondary N) is 1. The van der Waals surface area contributed by atoms with Crippen molar-refractivity contribution in [3.05, 3.63) is 47.8 Å². The molecule has 1 amide bonds. The second kappa shape index (κ2) is 7.71. The van der Waals surface area contributed by atoms with Crippen LogP contribution in [-0.4, -0.2) is 55.3 Å². The molecule has 0 aliphatic carbocycles. The van der Waals surface area contributed by atoms with Crippen LogP contribution < -0.4 is 10.2 Å². The summed E-state index contributed by atoms with van der Waals surface area (Å²) in [5.74, 6) is -0.342. The van der Waals surface area contributed by atoms with Crippen molar-refractivity contribution in [2.75, 3.05) is 43.6 Å². The zero-order chi connectivity index (χ0) is 17.6. The zero-order valence-electron chi connectivity index (χ0n) is 13.8. The summed E-state index contributed by atoms with van der Waals surface area (Å²) in [4.78, 5) is 34.5. The Hall–Kier alpha value is -3.00. The van der Waals surface area contributed by atoms with E-state index in [1.165, 1.54) is 7.11 Å². The molecule has 1 aliphatic rings. The smallest absolute Gasteiger partial charge is 0.337 e. The number of hydrogen-bond donors (Lipinski definition) is 1. The first-order valence-corrected chi connectivity index (χ1v) is 7.83. The molecule has 3 rings (SSSR count). The van der Waals surface area contributed by atoms with Crippen molar-refractivity contribution in [1.29, 1.82) is 0 Å². The van der Waals surface area contributed by atoms with Crippen molar-refractivity contribution in [2.24, 2.45) is 0 Å². The Morgan fingerprint density at radius 3 is 2.80 bits per heavy atom. The number of esters is 1. The summed E-state index contributed by atoms with van der Waals surface area (Å²) < 4.78 is 9.98. The van der Waals surface area contributed by atoms with E-state index in [-0.39, 0.29) is 11.6 Å². The Bertz CT molecular complexity index is 775. The lowest BCUT2D eigenvalue weighted by molar-refractivity contribution is 0.0600. The monoisotopic (exact) mass is 342 g/mol. The number of amides is 1. The van der Waals surface area contributed by atoms with Gasteiger partial charge in [0.1, 0.15) is 5.69 Å². The van der Waals surface area contributed by atoms with Gasteiger partial charge in [-0.25, -0.2) is 14.8 Å². The van der Waals surface area contributed by atoms with Gasteiger partial charge in [-0.15, -0.1) is 0 Å². The molecule has 1 fully saturated rings. The van der Waals surface area contributed by atoms with E-state index < -0.39 is 5.97 Å². The third kappa shape index (κ3) is 4.10. The number of methoxy groups -OCH3 is 1. The van der Waals surface area contributed by atoms with Crippen LogP contribution in [0, 0.1) is 0 Å². The SMILES string of the molecule is COC(=O)c1cccc(NC(=O)c2ccnc(N3CCOCC3)n2)c1. The summed E-state index contributed by atoms with van der Waals surface area (Å²) in [6.07, 6.45) is 1.55. The number of anilines is 2. The number of nitrogens with zero attached hydrogens (tertiary/aromatic N) is 3. The van der Waals surface area contributed by atoms with Crippen molar-refractivity contribution in [2.45, 2.75) is 0 Å². The fourth-order valence-corrected chi connectivity index (χ4v) is 2.43. The van der Waals surface area contributed by atoms with E-state index in [9.17, 15) is 9.59 Å². The van der Waals surface area contributed by atoms with E-state index in [1.54, 1.807) is 36.5 Å². The highest BCUT2D eigenvalue weighted by atomic mass is 16.5. The van der Waals surface area contributed by atoms with E-state index >= 15 is 0 Å². The first kappa shape index (κ1) is 16.8. The first-order valence-electron chi connectivity index (χ1n) is 7.83. The van der Waals surface area contributed by atoms with E-state index in [0.29, 0.717) is 43.5 Å². The standard InChI is InChI=1S/C17H18N4O4/c1-24-16(23)12-3-2-4-13(11-12)19-15(22)14-5-6-18-17(20-14)21-7-9-25-10-8-21/h2-6,11H,7-10H2,1H3,(H,19,22). The number of carbonyl (C=O) groups excluding carboxylic acids is 2. The van der Waals surface area contributed by atoms with Gasteiger partial charge in [0.05, 0.1) is 25.9 Å². The molecule has 0 radical (unpaired) electrons. The molecule has 0 atom stereocenters. The second-order valence-electron chi connectivity index (χ2n) is 5.37. The number of ether oxygens (including phenoxy) is 2. The number of hydrogen-bond acceptors (Lipinski definition) is 7. The summed E-state index contributed by atoms with van der Waals surface area (Å²) in [6, 6.07) is 8.06. The van der Waals surface area contributed by atoms with Crippen molar-refractivity contribution >= 4 is 23.5 Å². The summed E-state index contributed by atoms with van der Waals surface area (Å²) in [7, 11) is 1.31. The normalized spacial score (nSPS) is 14.0. The van der Waals surface area contributed by atoms with Crippen molar-refractivity contribution in [3.63, 3.8) is 0 Å². The quantitative estimate of drug-likeness (QED) is 0.838. The van der Waals surface area contributed by atoms with Crippen molar-refractivity contribution in [1.82, 2.24) is 9.97 Å². The van der Waals surface area contributed by atoms with Crippen molar-refractivity contribution in [3.8, 4) is 0 Å². The molecule has 1 aliphatic heterocycles. The maximum atomic E-state index is 12.4. The molecule has 8 nitrogen and oxygen atoms in total. The van der Waals surface area contributed by atoms with Gasteiger partial charge < -0.3 is 19.7 Å². The van der Waals surface area contributed by atoms with E-state index in [0.717, 1.165) is 0 Å². The van der Waals surface area contributed by atoms with Gasteiger partial charge in [-0.3, -0.25) is 4.79 Å². The topological polar surface area (TPSA) is 93.6 Å². The summed E-state index contributed by atoms with van der Waals surface area (Å²) in [5, 5.41) is 2.73. The van der Waals surface area contributed by atoms with Gasteiger partial charge in [-0.2, -0.15) is 0 Å². The highest BCUT2D eigenvalue weighted by Crippen LogP contribution is 2.14. The minimum Gasteiger partial charge on any atom is -0.465 e. The largest absolute Gasteiger partial charge is 0.465 e. The molecule has 1 saturated heterocycles. The van der Waals surface area contributed by atoms with E-state index in [2.05, 4.69) is 20.0 Å². The molecule has 0 unspecified atom stereocenters. The Labute approximate surface area is 144 Å². The average molecular weight is 342 g/mol. The molecule has 1 N–H and O–H groups in total. The fraction of sp³-hybridized carbons (Fsp3) is 0.294. The van der Waals surface area contributed by atoms with Crippen molar-refractivity contribution < 1.29 is 19.1 Å². The van der Waals surface area contributed by atoms with Crippen LogP contribution in [0.15, 0.2) is 36.5 Å². The third-order valence-corrected chi connectivity index (χ3v) is 3.71. The van der Waals surface area contributed by atoms with Crippen LogP contribution in [0.5, 0.6) is 0 Å². The van der Waals surface area contributed by atoms with Gasteiger partial charge in [-0.05, 0) is 24.3 Å². The van der Waals surface area contributed by atoms with Gasteiger partial charge in [0.15, 0.2) is 0 Å². The Morgan fingerprint density at radius 2 is 2.04 bits per heavy atom. The van der Waals surface area contributed by atoms with Crippen LogP contribution in [-0.2, 0) is 9.47 Å². The molecule has 130 valence electrons. The number of benzene rings is 1. The van der Waals surface area contributed by atoms with Gasteiger partial charge in [0.2, 0.25) is 5.95 Å². The Balaban J connectivity index is 1.74. The average Bonchev–Trinajstić information content (AvgIpc) is 2.68. The van der Waals surface area contributed by atoms with Crippen LogP contribution >= 0.6 is 0 Å². The highest BCUT2D eigenvalue weighted by molar-refractivity contribution is 6.03. The second-order valence-corrected chi connectivity index (χ2v) is 5.37. The van der Waals surface area contributed by atoms with Gasteiger partial charge in [0.25, 0.3) is 5.91 Å². The lowest BCUT2D eigenvalue weighted by Gasteiger charge is -2.26. The molecule has 1 aromatic carbocycles. The molecular weight excluding hydrogens is 324 g/mol. The Morgan fingerprint density at radius 1 is 1.24 bits per heavy atom. The number of morpholine rings is 1. The number of carbonyl (C=O) groups is 2. The minimum atomic E-state index is -0.465. The van der Waals surface area contributed by atoms with Crippen LogP contribution in [0.3, 0.4) is 0 Å². The molecular formula is C17H18N4O4. The maximum absolute atomic E-state index is 12.4. The molecule has 0 spiro atoms. The molecule has 2 aromatic rings. The molecule has 1 aromatic heterocycles. The van der Waals surface area contributed by atoms with Crippen LogP contribution in [0.2, 0.25) is 0 Å². The Kier molecular flexibility index (Phi) is 5.20. The molecule has 25 heavy (non-hydrogen) atoms. The molecule has 0 saturated carbocycles. The first-order chi connectivity index (χ1) is 12.2. The lowest BCUT2D eigenvalue weighted by Crippen LogP contribution is -2.37. The van der Waals surface area contributed by atoms with Gasteiger partial charge in [-0.1, -0.05) is 6.07 Å². The van der Waals surface area contributed by atoms with Crippen LogP contribution in [0.25, 0.3) is 0 Å². The lowest BCUT2D eigenvalue weighted by atomic mass is 10.2. The number of rotatable bonds is 4. The summed E-state index contributed by atoms with van der Waals surface area (Å²) in [5.41, 5.74) is 1.09. The minimum absolute atomic E-state index is 0.250. The zero-order valence-corrected chi connectivity index (χ0v) is 13.8. The molecule has 0 bridgehead atoms. The number of aromatic nitrogens is 2. The van der Waals surface area contributed by atoms with Gasteiger partial charge >= 0.3 is 5.97 Å². The van der Waals surface area contributed by atoms with E-state index in [1.807, 2.05) is 4.90 Å². The van der Waals surface area contributed by atoms with E-state index in [4.69, 9.17) is 4.74 Å². The summed E-state index contributed by atoms with van der Waals surface area (Å²) >= 11 is 0.